The summed E-state index contributed by atoms with van der Waals surface area (Å²) in [5, 5.41) is 3.08. The number of benzene rings is 5. The fraction of sp³-hybridized carbons (Fsp3) is 0.279. The van der Waals surface area contributed by atoms with Crippen LogP contribution in [0, 0.1) is 0 Å². The van der Waals surface area contributed by atoms with Crippen LogP contribution in [0.5, 0.6) is 11.5 Å². The van der Waals surface area contributed by atoms with E-state index in [0.29, 0.717) is 26.2 Å². The number of unbranched alkanes of at least 4 members (excludes halogenated alkanes) is 2. The molecule has 0 spiro atoms. The molecule has 0 saturated carbocycles. The third-order valence-corrected chi connectivity index (χ3v) is 8.41. The molecule has 0 aromatic heterocycles. The zero-order valence-electron chi connectivity index (χ0n) is 27.9. The molecule has 5 aromatic carbocycles. The van der Waals surface area contributed by atoms with Gasteiger partial charge in [-0.3, -0.25) is 9.69 Å². The minimum absolute atomic E-state index is 0.147. The van der Waals surface area contributed by atoms with E-state index in [1.165, 1.54) is 16.7 Å². The molecule has 0 bridgehead atoms. The second-order valence-corrected chi connectivity index (χ2v) is 12.2. The third kappa shape index (κ3) is 12.4. The number of ether oxygens (including phenoxy) is 2. The molecule has 5 nitrogen and oxygen atoms in total. The Kier molecular flexibility index (Phi) is 14.2. The summed E-state index contributed by atoms with van der Waals surface area (Å²) in [6.07, 6.45) is 5.34. The van der Waals surface area contributed by atoms with Crippen molar-refractivity contribution >= 4 is 5.91 Å². The smallest absolute Gasteiger partial charge is 0.220 e. The lowest BCUT2D eigenvalue weighted by atomic mass is 10.1. The number of hydrogen-bond donors (Lipinski definition) is 1. The fourth-order valence-electron chi connectivity index (χ4n) is 5.69. The molecule has 0 unspecified atom stereocenters. The third-order valence-electron chi connectivity index (χ3n) is 8.41. The van der Waals surface area contributed by atoms with Crippen LogP contribution in [0.25, 0.3) is 0 Å². The molecule has 0 aliphatic rings. The number of amides is 1. The molecule has 5 heteroatoms. The van der Waals surface area contributed by atoms with Gasteiger partial charge in [-0.1, -0.05) is 134 Å². The van der Waals surface area contributed by atoms with E-state index < -0.39 is 0 Å². The van der Waals surface area contributed by atoms with Crippen LogP contribution in [0.15, 0.2) is 140 Å². The van der Waals surface area contributed by atoms with Crippen molar-refractivity contribution in [3.05, 3.63) is 167 Å². The van der Waals surface area contributed by atoms with Gasteiger partial charge < -0.3 is 14.8 Å². The van der Waals surface area contributed by atoms with E-state index in [9.17, 15) is 4.79 Å². The maximum Gasteiger partial charge on any atom is 0.220 e. The molecule has 5 rings (SSSR count). The molecule has 5 aromatic rings. The van der Waals surface area contributed by atoms with E-state index in [1.54, 1.807) is 0 Å². The Balaban J connectivity index is 1.13. The predicted molar refractivity (Wildman–Crippen MR) is 195 cm³/mol. The molecule has 0 radical (unpaired) electrons. The molecule has 48 heavy (non-hydrogen) atoms. The standard InChI is InChI=1S/C43H48N2O3/c46-43(44-29-27-36-16-6-1-7-17-36)24-14-5-15-30-45(33-38-18-8-2-9-19-38)31-28-37-25-26-41(47-34-39-20-10-3-11-21-39)42(32-37)48-35-40-22-12-4-13-23-40/h1-4,6-13,16-23,25-26,32H,5,14-15,24,27-31,33-35H2,(H,44,46). The summed E-state index contributed by atoms with van der Waals surface area (Å²) in [6.45, 7) is 4.47. The molecule has 0 heterocycles. The number of rotatable bonds is 20. The van der Waals surface area contributed by atoms with Crippen LogP contribution in [0.4, 0.5) is 0 Å². The highest BCUT2D eigenvalue weighted by Gasteiger charge is 2.12. The van der Waals surface area contributed by atoms with Gasteiger partial charge in [0.2, 0.25) is 5.91 Å². The average molecular weight is 641 g/mol. The molecular weight excluding hydrogens is 592 g/mol. The summed E-state index contributed by atoms with van der Waals surface area (Å²) in [5.74, 6) is 1.67. The number of carbonyl (C=O) groups is 1. The van der Waals surface area contributed by atoms with Gasteiger partial charge in [0.05, 0.1) is 0 Å². The zero-order chi connectivity index (χ0) is 33.1. The van der Waals surface area contributed by atoms with Gasteiger partial charge in [0.25, 0.3) is 0 Å². The lowest BCUT2D eigenvalue weighted by molar-refractivity contribution is -0.121. The highest BCUT2D eigenvalue weighted by Crippen LogP contribution is 2.30. The molecule has 0 aliphatic carbocycles. The molecule has 0 atom stereocenters. The van der Waals surface area contributed by atoms with Gasteiger partial charge in [-0.15, -0.1) is 0 Å². The molecule has 0 saturated heterocycles. The Morgan fingerprint density at radius 2 is 1.08 bits per heavy atom. The number of hydrogen-bond acceptors (Lipinski definition) is 4. The molecule has 248 valence electrons. The summed E-state index contributed by atoms with van der Waals surface area (Å²) in [4.78, 5) is 14.9. The summed E-state index contributed by atoms with van der Waals surface area (Å²) in [6, 6.07) is 47.8. The van der Waals surface area contributed by atoms with E-state index in [2.05, 4.69) is 89.1 Å². The minimum Gasteiger partial charge on any atom is -0.485 e. The van der Waals surface area contributed by atoms with E-state index >= 15 is 0 Å². The van der Waals surface area contributed by atoms with Gasteiger partial charge in [-0.25, -0.2) is 0 Å². The predicted octanol–water partition coefficient (Wildman–Crippen LogP) is 8.81. The lowest BCUT2D eigenvalue weighted by Crippen LogP contribution is -2.27. The van der Waals surface area contributed by atoms with Crippen molar-refractivity contribution < 1.29 is 14.3 Å². The molecule has 0 aliphatic heterocycles. The largest absolute Gasteiger partial charge is 0.485 e. The Labute approximate surface area is 286 Å². The molecule has 1 amide bonds. The van der Waals surface area contributed by atoms with E-state index in [-0.39, 0.29) is 5.91 Å². The van der Waals surface area contributed by atoms with Gasteiger partial charge >= 0.3 is 0 Å². The van der Waals surface area contributed by atoms with Crippen LogP contribution in [0.3, 0.4) is 0 Å². The lowest BCUT2D eigenvalue weighted by Gasteiger charge is -2.23. The Morgan fingerprint density at radius 3 is 1.71 bits per heavy atom. The fourth-order valence-corrected chi connectivity index (χ4v) is 5.69. The first kappa shape index (κ1) is 34.5. The SMILES string of the molecule is O=C(CCCCCN(CCc1ccc(OCc2ccccc2)c(OCc2ccccc2)c1)Cc1ccccc1)NCCc1ccccc1. The van der Waals surface area contributed by atoms with Crippen LogP contribution in [-0.2, 0) is 37.4 Å². The van der Waals surface area contributed by atoms with Crippen molar-refractivity contribution in [3.8, 4) is 11.5 Å². The Morgan fingerprint density at radius 1 is 0.521 bits per heavy atom. The van der Waals surface area contributed by atoms with Gasteiger partial charge in [-0.2, -0.15) is 0 Å². The summed E-state index contributed by atoms with van der Waals surface area (Å²) in [7, 11) is 0. The Hall–Kier alpha value is -4.87. The topological polar surface area (TPSA) is 50.8 Å². The van der Waals surface area contributed by atoms with Crippen molar-refractivity contribution in [2.75, 3.05) is 19.6 Å². The highest BCUT2D eigenvalue weighted by molar-refractivity contribution is 5.75. The van der Waals surface area contributed by atoms with Crippen LogP contribution >= 0.6 is 0 Å². The van der Waals surface area contributed by atoms with E-state index in [1.807, 2.05) is 60.7 Å². The first-order chi connectivity index (χ1) is 23.7. The average Bonchev–Trinajstić information content (AvgIpc) is 3.14. The number of nitrogens with one attached hydrogen (secondary N) is 1. The van der Waals surface area contributed by atoms with Gasteiger partial charge in [-0.05, 0) is 72.2 Å². The van der Waals surface area contributed by atoms with Crippen molar-refractivity contribution in [2.24, 2.45) is 0 Å². The highest BCUT2D eigenvalue weighted by atomic mass is 16.5. The molecule has 0 fully saturated rings. The first-order valence-corrected chi connectivity index (χ1v) is 17.2. The van der Waals surface area contributed by atoms with E-state index in [4.69, 9.17) is 9.47 Å². The van der Waals surface area contributed by atoms with Crippen molar-refractivity contribution in [3.63, 3.8) is 0 Å². The quantitative estimate of drug-likeness (QED) is 0.0864. The van der Waals surface area contributed by atoms with E-state index in [0.717, 1.165) is 74.4 Å². The number of nitrogens with zero attached hydrogens (tertiary/aromatic N) is 1. The van der Waals surface area contributed by atoms with Crippen LogP contribution in [-0.4, -0.2) is 30.4 Å². The van der Waals surface area contributed by atoms with Crippen LogP contribution < -0.4 is 14.8 Å². The number of carbonyl (C=O) groups excluding carboxylic acids is 1. The van der Waals surface area contributed by atoms with Crippen molar-refractivity contribution in [1.82, 2.24) is 10.2 Å². The maximum atomic E-state index is 12.4. The monoisotopic (exact) mass is 640 g/mol. The van der Waals surface area contributed by atoms with Gasteiger partial charge in [0.15, 0.2) is 11.5 Å². The molecular formula is C43H48N2O3. The first-order valence-electron chi connectivity index (χ1n) is 17.2. The maximum absolute atomic E-state index is 12.4. The van der Waals surface area contributed by atoms with Crippen molar-refractivity contribution in [1.29, 1.82) is 0 Å². The minimum atomic E-state index is 0.147. The van der Waals surface area contributed by atoms with Crippen LogP contribution in [0.2, 0.25) is 0 Å². The summed E-state index contributed by atoms with van der Waals surface area (Å²) < 4.78 is 12.6. The van der Waals surface area contributed by atoms with Crippen molar-refractivity contribution in [2.45, 2.75) is 58.3 Å². The van der Waals surface area contributed by atoms with Gasteiger partial charge in [0.1, 0.15) is 13.2 Å². The Bertz CT molecular complexity index is 1610. The second kappa shape index (κ2) is 19.7. The normalized spacial score (nSPS) is 10.9. The molecule has 1 N–H and O–H groups in total. The summed E-state index contributed by atoms with van der Waals surface area (Å²) >= 11 is 0. The van der Waals surface area contributed by atoms with Gasteiger partial charge in [0, 0.05) is 26.1 Å². The van der Waals surface area contributed by atoms with Crippen LogP contribution in [0.1, 0.15) is 53.5 Å². The second-order valence-electron chi connectivity index (χ2n) is 12.2. The summed E-state index contributed by atoms with van der Waals surface area (Å²) in [5.41, 5.74) is 6.02. The zero-order valence-corrected chi connectivity index (χ0v) is 27.9.